The summed E-state index contributed by atoms with van der Waals surface area (Å²) in [5.74, 6) is 0.632. The molecule has 2 amide bonds. The van der Waals surface area contributed by atoms with Gasteiger partial charge < -0.3 is 19.7 Å². The van der Waals surface area contributed by atoms with Crippen molar-refractivity contribution in [3.63, 3.8) is 0 Å². The van der Waals surface area contributed by atoms with E-state index in [2.05, 4.69) is 5.32 Å². The number of hydrogen-bond acceptors (Lipinski definition) is 4. The van der Waals surface area contributed by atoms with E-state index in [9.17, 15) is 9.59 Å². The van der Waals surface area contributed by atoms with Gasteiger partial charge >= 0.3 is 0 Å². The number of benzene rings is 2. The quantitative estimate of drug-likeness (QED) is 0.741. The van der Waals surface area contributed by atoms with Gasteiger partial charge in [-0.2, -0.15) is 0 Å². The number of nitrogens with one attached hydrogen (secondary N) is 1. The van der Waals surface area contributed by atoms with Gasteiger partial charge in [-0.3, -0.25) is 9.59 Å². The van der Waals surface area contributed by atoms with Crippen molar-refractivity contribution in [2.24, 2.45) is 5.92 Å². The highest BCUT2D eigenvalue weighted by Gasteiger charge is 2.36. The van der Waals surface area contributed by atoms with Gasteiger partial charge in [0.15, 0.2) is 0 Å². The maximum atomic E-state index is 12.8. The third kappa shape index (κ3) is 4.82. The predicted octanol–water partition coefficient (Wildman–Crippen LogP) is 3.98. The monoisotopic (exact) mass is 416 g/mol. The minimum absolute atomic E-state index is 0.126. The summed E-state index contributed by atoms with van der Waals surface area (Å²) >= 11 is 6.08. The summed E-state index contributed by atoms with van der Waals surface area (Å²) in [6, 6.07) is 12.5. The Bertz CT molecular complexity index is 885. The third-order valence-corrected chi connectivity index (χ3v) is 5.21. The van der Waals surface area contributed by atoms with Gasteiger partial charge in [0, 0.05) is 18.0 Å². The zero-order valence-corrected chi connectivity index (χ0v) is 17.5. The lowest BCUT2D eigenvalue weighted by molar-refractivity contribution is -0.126. The first kappa shape index (κ1) is 21.0. The average Bonchev–Trinajstić information content (AvgIpc) is 3.10. The van der Waals surface area contributed by atoms with E-state index in [-0.39, 0.29) is 30.8 Å². The van der Waals surface area contributed by atoms with Crippen LogP contribution in [0.5, 0.6) is 11.5 Å². The smallest absolute Gasteiger partial charge is 0.227 e. The van der Waals surface area contributed by atoms with Crippen molar-refractivity contribution in [1.82, 2.24) is 5.32 Å². The number of halogens is 1. The Balaban J connectivity index is 1.66. The molecule has 0 spiro atoms. The summed E-state index contributed by atoms with van der Waals surface area (Å²) in [4.78, 5) is 26.9. The molecular weight excluding hydrogens is 392 g/mol. The Kier molecular flexibility index (Phi) is 6.64. The highest BCUT2D eigenvalue weighted by atomic mass is 35.5. The molecule has 0 bridgehead atoms. The molecule has 7 heteroatoms. The Morgan fingerprint density at radius 3 is 2.66 bits per heavy atom. The topological polar surface area (TPSA) is 67.9 Å². The molecule has 1 aliphatic rings. The van der Waals surface area contributed by atoms with Gasteiger partial charge in [-0.1, -0.05) is 23.7 Å². The van der Waals surface area contributed by atoms with Crippen LogP contribution >= 0.6 is 11.6 Å². The van der Waals surface area contributed by atoms with E-state index in [1.54, 1.807) is 23.1 Å². The zero-order chi connectivity index (χ0) is 21.0. The fourth-order valence-corrected chi connectivity index (χ4v) is 3.59. The Morgan fingerprint density at radius 1 is 1.28 bits per heavy atom. The maximum Gasteiger partial charge on any atom is 0.227 e. The number of carbonyl (C=O) groups is 2. The van der Waals surface area contributed by atoms with Crippen LogP contribution in [0.2, 0.25) is 5.02 Å². The Morgan fingerprint density at radius 2 is 2.00 bits per heavy atom. The van der Waals surface area contributed by atoms with Crippen LogP contribution < -0.4 is 19.7 Å². The van der Waals surface area contributed by atoms with Crippen LogP contribution in [0.3, 0.4) is 0 Å². The highest BCUT2D eigenvalue weighted by molar-refractivity contribution is 6.31. The molecule has 1 N–H and O–H groups in total. The second kappa shape index (κ2) is 9.18. The first-order chi connectivity index (χ1) is 13.9. The minimum Gasteiger partial charge on any atom is -0.495 e. The summed E-state index contributed by atoms with van der Waals surface area (Å²) in [6.07, 6.45) is 0.150. The maximum absolute atomic E-state index is 12.8. The standard InChI is InChI=1S/C22H25ClN2O4/c1-4-29-18-8-5-15(6-9-18)14(2)24-22(27)16-11-21(26)25(13-16)19-12-17(23)7-10-20(19)28-3/h5-10,12,14,16H,4,11,13H2,1-3H3,(H,24,27). The SMILES string of the molecule is CCOc1ccc(C(C)NC(=O)C2CC(=O)N(c3cc(Cl)ccc3OC)C2)cc1. The van der Waals surface area contributed by atoms with Crippen molar-refractivity contribution < 1.29 is 19.1 Å². The predicted molar refractivity (Wildman–Crippen MR) is 113 cm³/mol. The van der Waals surface area contributed by atoms with E-state index in [0.717, 1.165) is 11.3 Å². The molecule has 29 heavy (non-hydrogen) atoms. The van der Waals surface area contributed by atoms with Crippen LogP contribution in [0, 0.1) is 5.92 Å². The number of methoxy groups -OCH3 is 1. The van der Waals surface area contributed by atoms with E-state index >= 15 is 0 Å². The van der Waals surface area contributed by atoms with Crippen molar-refractivity contribution in [3.05, 3.63) is 53.1 Å². The summed E-state index contributed by atoms with van der Waals surface area (Å²) in [7, 11) is 1.54. The Hall–Kier alpha value is -2.73. The normalized spacial score (nSPS) is 17.2. The van der Waals surface area contributed by atoms with Crippen LogP contribution in [-0.4, -0.2) is 32.1 Å². The molecule has 3 rings (SSSR count). The van der Waals surface area contributed by atoms with E-state index in [1.807, 2.05) is 38.1 Å². The van der Waals surface area contributed by atoms with Gasteiger partial charge in [0.2, 0.25) is 11.8 Å². The zero-order valence-electron chi connectivity index (χ0n) is 16.8. The van der Waals surface area contributed by atoms with Crippen LogP contribution in [0.25, 0.3) is 0 Å². The van der Waals surface area contributed by atoms with Gasteiger partial charge in [-0.15, -0.1) is 0 Å². The fourth-order valence-electron chi connectivity index (χ4n) is 3.42. The lowest BCUT2D eigenvalue weighted by Crippen LogP contribution is -2.34. The van der Waals surface area contributed by atoms with Crippen LogP contribution in [0.15, 0.2) is 42.5 Å². The number of hydrogen-bond donors (Lipinski definition) is 1. The number of carbonyl (C=O) groups excluding carboxylic acids is 2. The fraction of sp³-hybridized carbons (Fsp3) is 0.364. The molecule has 0 radical (unpaired) electrons. The molecule has 1 aliphatic heterocycles. The lowest BCUT2D eigenvalue weighted by atomic mass is 10.0. The number of ether oxygens (including phenoxy) is 2. The molecule has 1 fully saturated rings. The molecular formula is C22H25ClN2O4. The summed E-state index contributed by atoms with van der Waals surface area (Å²) in [6.45, 7) is 4.75. The number of anilines is 1. The van der Waals surface area contributed by atoms with Gasteiger partial charge in [0.05, 0.1) is 31.4 Å². The van der Waals surface area contributed by atoms with Crippen LogP contribution in [0.4, 0.5) is 5.69 Å². The molecule has 154 valence electrons. The van der Waals surface area contributed by atoms with Crippen molar-refractivity contribution in [2.45, 2.75) is 26.3 Å². The summed E-state index contributed by atoms with van der Waals surface area (Å²) < 4.78 is 10.8. The van der Waals surface area contributed by atoms with Gasteiger partial charge in [0.25, 0.3) is 0 Å². The van der Waals surface area contributed by atoms with E-state index in [4.69, 9.17) is 21.1 Å². The van der Waals surface area contributed by atoms with E-state index < -0.39 is 5.92 Å². The molecule has 2 aromatic rings. The molecule has 1 saturated heterocycles. The second-order valence-electron chi connectivity index (χ2n) is 6.95. The van der Waals surface area contributed by atoms with Crippen LogP contribution in [0.1, 0.15) is 31.9 Å². The van der Waals surface area contributed by atoms with Crippen molar-refractivity contribution in [1.29, 1.82) is 0 Å². The van der Waals surface area contributed by atoms with Gasteiger partial charge in [-0.25, -0.2) is 0 Å². The van der Waals surface area contributed by atoms with E-state index in [1.165, 1.54) is 7.11 Å². The largest absolute Gasteiger partial charge is 0.495 e. The van der Waals surface area contributed by atoms with Crippen LogP contribution in [-0.2, 0) is 9.59 Å². The van der Waals surface area contributed by atoms with Crippen molar-refractivity contribution in [3.8, 4) is 11.5 Å². The first-order valence-corrected chi connectivity index (χ1v) is 9.97. The molecule has 0 aliphatic carbocycles. The Labute approximate surface area is 175 Å². The van der Waals surface area contributed by atoms with Gasteiger partial charge in [0.1, 0.15) is 11.5 Å². The number of nitrogens with zero attached hydrogens (tertiary/aromatic N) is 1. The number of rotatable bonds is 7. The first-order valence-electron chi connectivity index (χ1n) is 9.60. The summed E-state index contributed by atoms with van der Waals surface area (Å²) in [5, 5.41) is 3.51. The van der Waals surface area contributed by atoms with Crippen molar-refractivity contribution >= 4 is 29.1 Å². The molecule has 0 aromatic heterocycles. The van der Waals surface area contributed by atoms with E-state index in [0.29, 0.717) is 23.1 Å². The van der Waals surface area contributed by atoms with Crippen molar-refractivity contribution in [2.75, 3.05) is 25.2 Å². The third-order valence-electron chi connectivity index (χ3n) is 4.98. The minimum atomic E-state index is -0.434. The van der Waals surface area contributed by atoms with Gasteiger partial charge in [-0.05, 0) is 49.7 Å². The highest BCUT2D eigenvalue weighted by Crippen LogP contribution is 2.35. The average molecular weight is 417 g/mol. The molecule has 2 aromatic carbocycles. The number of amides is 2. The second-order valence-corrected chi connectivity index (χ2v) is 7.39. The molecule has 2 atom stereocenters. The molecule has 0 saturated carbocycles. The molecule has 6 nitrogen and oxygen atoms in total. The summed E-state index contributed by atoms with van der Waals surface area (Å²) in [5.41, 5.74) is 1.55. The molecule has 1 heterocycles. The molecule has 2 unspecified atom stereocenters. The lowest BCUT2D eigenvalue weighted by Gasteiger charge is -2.21.